The van der Waals surface area contributed by atoms with E-state index in [-0.39, 0.29) is 11.4 Å². The number of ether oxygens (including phenoxy) is 1. The van der Waals surface area contributed by atoms with Crippen LogP contribution in [0.2, 0.25) is 0 Å². The summed E-state index contributed by atoms with van der Waals surface area (Å²) in [6.07, 6.45) is 2.83. The Morgan fingerprint density at radius 1 is 1.53 bits per heavy atom. The fourth-order valence-electron chi connectivity index (χ4n) is 1.65. The zero-order chi connectivity index (χ0) is 12.5. The number of aromatic nitrogens is 1. The van der Waals surface area contributed by atoms with Gasteiger partial charge in [-0.1, -0.05) is 11.8 Å². The van der Waals surface area contributed by atoms with E-state index in [1.54, 1.807) is 23.1 Å². The zero-order valence-corrected chi connectivity index (χ0v) is 12.0. The molecule has 17 heavy (non-hydrogen) atoms. The van der Waals surface area contributed by atoms with Crippen molar-refractivity contribution >= 4 is 29.1 Å². The number of thioether (sulfide) groups is 1. The van der Waals surface area contributed by atoms with Crippen LogP contribution in [0.3, 0.4) is 0 Å². The second kappa shape index (κ2) is 4.98. The van der Waals surface area contributed by atoms with Crippen LogP contribution in [0.5, 0.6) is 0 Å². The van der Waals surface area contributed by atoms with Gasteiger partial charge in [-0.2, -0.15) is 0 Å². The number of carbonyl (C=O) groups excluding carboxylic acids is 1. The number of hydrogen-bond acceptors (Lipinski definition) is 5. The Morgan fingerprint density at radius 3 is 2.71 bits per heavy atom. The van der Waals surface area contributed by atoms with Gasteiger partial charge in [-0.05, 0) is 32.1 Å². The number of hydrogen-bond donors (Lipinski definition) is 0. The van der Waals surface area contributed by atoms with Gasteiger partial charge < -0.3 is 4.74 Å². The minimum Gasteiger partial charge on any atom is -0.469 e. The first-order valence-corrected chi connectivity index (χ1v) is 7.48. The van der Waals surface area contributed by atoms with E-state index in [0.717, 1.165) is 28.6 Å². The summed E-state index contributed by atoms with van der Waals surface area (Å²) in [4.78, 5) is 17.1. The Labute approximate surface area is 110 Å². The standard InChI is InChI=1S/C12H17NO2S2/c1-8-9(2)17-11(13-8)16-7-12(4-5-12)6-10(14)15-3/h4-7H2,1-3H3. The van der Waals surface area contributed by atoms with Gasteiger partial charge in [0.1, 0.15) is 4.34 Å². The minimum atomic E-state index is -0.0883. The SMILES string of the molecule is COC(=O)CC1(CSc2nc(C)c(C)s2)CC1. The molecule has 0 spiro atoms. The van der Waals surface area contributed by atoms with Gasteiger partial charge in [0.2, 0.25) is 0 Å². The predicted molar refractivity (Wildman–Crippen MR) is 70.6 cm³/mol. The summed E-state index contributed by atoms with van der Waals surface area (Å²) in [5.74, 6) is 0.892. The van der Waals surface area contributed by atoms with Crippen LogP contribution in [-0.2, 0) is 9.53 Å². The van der Waals surface area contributed by atoms with E-state index in [2.05, 4.69) is 11.9 Å². The third-order valence-electron chi connectivity index (χ3n) is 3.21. The molecule has 2 rings (SSSR count). The Hall–Kier alpha value is -0.550. The van der Waals surface area contributed by atoms with E-state index in [4.69, 9.17) is 4.74 Å². The summed E-state index contributed by atoms with van der Waals surface area (Å²) >= 11 is 3.52. The molecule has 1 aromatic rings. The Kier molecular flexibility index (Phi) is 3.78. The summed E-state index contributed by atoms with van der Waals surface area (Å²) in [5.41, 5.74) is 1.31. The smallest absolute Gasteiger partial charge is 0.306 e. The highest BCUT2D eigenvalue weighted by Crippen LogP contribution is 2.52. The van der Waals surface area contributed by atoms with Crippen molar-refractivity contribution in [3.8, 4) is 0 Å². The average molecular weight is 271 g/mol. The minimum absolute atomic E-state index is 0.0883. The molecule has 0 bridgehead atoms. The summed E-state index contributed by atoms with van der Waals surface area (Å²) < 4.78 is 5.86. The molecule has 0 saturated heterocycles. The van der Waals surface area contributed by atoms with Gasteiger partial charge in [-0.25, -0.2) is 4.98 Å². The first kappa shape index (κ1) is 12.9. The molecular weight excluding hydrogens is 254 g/mol. The van der Waals surface area contributed by atoms with E-state index in [1.165, 1.54) is 12.0 Å². The van der Waals surface area contributed by atoms with Crippen LogP contribution < -0.4 is 0 Å². The van der Waals surface area contributed by atoms with Crippen molar-refractivity contribution in [3.63, 3.8) is 0 Å². The lowest BCUT2D eigenvalue weighted by molar-refractivity contribution is -0.141. The maximum atomic E-state index is 11.3. The highest BCUT2D eigenvalue weighted by Gasteiger charge is 2.44. The van der Waals surface area contributed by atoms with Crippen LogP contribution >= 0.6 is 23.1 Å². The molecule has 94 valence electrons. The molecule has 0 aliphatic heterocycles. The monoisotopic (exact) mass is 271 g/mol. The largest absolute Gasteiger partial charge is 0.469 e. The van der Waals surface area contributed by atoms with Crippen molar-refractivity contribution in [2.45, 2.75) is 37.4 Å². The number of nitrogens with zero attached hydrogens (tertiary/aromatic N) is 1. The molecule has 0 aromatic carbocycles. The number of carbonyl (C=O) groups is 1. The maximum absolute atomic E-state index is 11.3. The van der Waals surface area contributed by atoms with Crippen LogP contribution in [0.1, 0.15) is 29.8 Å². The van der Waals surface area contributed by atoms with Gasteiger partial charge in [0.15, 0.2) is 0 Å². The number of esters is 1. The maximum Gasteiger partial charge on any atom is 0.306 e. The molecule has 0 atom stereocenters. The predicted octanol–water partition coefficient (Wildman–Crippen LogP) is 3.20. The molecule has 3 nitrogen and oxygen atoms in total. The fraction of sp³-hybridized carbons (Fsp3) is 0.667. The molecule has 0 unspecified atom stereocenters. The second-order valence-corrected chi connectivity index (χ2v) is 7.09. The van der Waals surface area contributed by atoms with Crippen molar-refractivity contribution in [1.29, 1.82) is 0 Å². The molecule has 1 aliphatic rings. The quantitative estimate of drug-likeness (QED) is 0.609. The highest BCUT2D eigenvalue weighted by atomic mass is 32.2. The number of aryl methyl sites for hydroxylation is 2. The third-order valence-corrected chi connectivity index (χ3v) is 5.78. The van der Waals surface area contributed by atoms with Crippen molar-refractivity contribution in [2.24, 2.45) is 5.41 Å². The third kappa shape index (κ3) is 3.22. The molecule has 0 amide bonds. The van der Waals surface area contributed by atoms with Gasteiger partial charge in [0.05, 0.1) is 19.2 Å². The van der Waals surface area contributed by atoms with E-state index >= 15 is 0 Å². The molecule has 1 fully saturated rings. The van der Waals surface area contributed by atoms with E-state index in [1.807, 2.05) is 6.92 Å². The Bertz CT molecular complexity index is 405. The molecular formula is C12H17NO2S2. The van der Waals surface area contributed by atoms with Crippen LogP contribution in [0.4, 0.5) is 0 Å². The van der Waals surface area contributed by atoms with Gasteiger partial charge >= 0.3 is 5.97 Å². The van der Waals surface area contributed by atoms with Crippen molar-refractivity contribution < 1.29 is 9.53 Å². The number of rotatable bonds is 5. The lowest BCUT2D eigenvalue weighted by atomic mass is 10.1. The fourth-order valence-corrected chi connectivity index (χ4v) is 4.09. The Morgan fingerprint density at radius 2 is 2.24 bits per heavy atom. The van der Waals surface area contributed by atoms with Crippen molar-refractivity contribution in [3.05, 3.63) is 10.6 Å². The van der Waals surface area contributed by atoms with Gasteiger partial charge in [-0.3, -0.25) is 4.79 Å². The van der Waals surface area contributed by atoms with E-state index < -0.39 is 0 Å². The summed E-state index contributed by atoms with van der Waals surface area (Å²) in [7, 11) is 1.46. The zero-order valence-electron chi connectivity index (χ0n) is 10.4. The molecule has 1 saturated carbocycles. The molecule has 1 heterocycles. The normalized spacial score (nSPS) is 16.9. The Balaban J connectivity index is 1.87. The van der Waals surface area contributed by atoms with Crippen LogP contribution in [0.25, 0.3) is 0 Å². The summed E-state index contributed by atoms with van der Waals surface area (Å²) in [6, 6.07) is 0. The van der Waals surface area contributed by atoms with Crippen molar-refractivity contribution in [1.82, 2.24) is 4.98 Å². The van der Waals surface area contributed by atoms with Crippen LogP contribution in [0, 0.1) is 19.3 Å². The molecule has 1 aliphatic carbocycles. The first-order valence-electron chi connectivity index (χ1n) is 5.68. The molecule has 1 aromatic heterocycles. The lowest BCUT2D eigenvalue weighted by Crippen LogP contribution is -2.12. The summed E-state index contributed by atoms with van der Waals surface area (Å²) in [6.45, 7) is 4.13. The van der Waals surface area contributed by atoms with E-state index in [0.29, 0.717) is 6.42 Å². The average Bonchev–Trinajstić information content (AvgIpc) is 2.98. The number of methoxy groups -OCH3 is 1. The topological polar surface area (TPSA) is 39.2 Å². The molecule has 0 N–H and O–H groups in total. The molecule has 0 radical (unpaired) electrons. The first-order chi connectivity index (χ1) is 8.04. The number of thiazole rings is 1. The molecule has 5 heteroatoms. The summed E-state index contributed by atoms with van der Waals surface area (Å²) in [5, 5.41) is 0. The van der Waals surface area contributed by atoms with Crippen LogP contribution in [0.15, 0.2) is 4.34 Å². The second-order valence-electron chi connectivity index (χ2n) is 4.66. The van der Waals surface area contributed by atoms with Crippen LogP contribution in [-0.4, -0.2) is 23.8 Å². The van der Waals surface area contributed by atoms with Gasteiger partial charge in [0.25, 0.3) is 0 Å². The van der Waals surface area contributed by atoms with E-state index in [9.17, 15) is 4.79 Å². The van der Waals surface area contributed by atoms with Crippen molar-refractivity contribution in [2.75, 3.05) is 12.9 Å². The van der Waals surface area contributed by atoms with Gasteiger partial charge in [0, 0.05) is 10.6 Å². The highest BCUT2D eigenvalue weighted by molar-refractivity contribution is 8.01. The lowest BCUT2D eigenvalue weighted by Gasteiger charge is -2.11. The van der Waals surface area contributed by atoms with Gasteiger partial charge in [-0.15, -0.1) is 11.3 Å².